The molecule has 1 atom stereocenters. The third-order valence-corrected chi connectivity index (χ3v) is 4.69. The standard InChI is InChI=1S/C20H25FN4/c1-22-20(25-13-12-15-6-4-5-7-18(15)25)23-14-19(24(2)3)16-8-10-17(21)11-9-16/h4-11,19H,12-14H2,1-3H3,(H,22,23). The van der Waals surface area contributed by atoms with Crippen LogP contribution in [0.4, 0.5) is 10.1 Å². The molecule has 0 spiro atoms. The van der Waals surface area contributed by atoms with Gasteiger partial charge >= 0.3 is 0 Å². The quantitative estimate of drug-likeness (QED) is 0.685. The Balaban J connectivity index is 1.73. The minimum Gasteiger partial charge on any atom is -0.354 e. The highest BCUT2D eigenvalue weighted by Crippen LogP contribution is 2.27. The summed E-state index contributed by atoms with van der Waals surface area (Å²) < 4.78 is 13.2. The second-order valence-electron chi connectivity index (χ2n) is 6.49. The number of likely N-dealkylation sites (N-methyl/N-ethyl adjacent to an activating group) is 1. The topological polar surface area (TPSA) is 30.9 Å². The van der Waals surface area contributed by atoms with Crippen LogP contribution in [0.3, 0.4) is 0 Å². The Morgan fingerprint density at radius 2 is 1.92 bits per heavy atom. The molecule has 0 aromatic heterocycles. The molecule has 0 bridgehead atoms. The van der Waals surface area contributed by atoms with Crippen molar-refractivity contribution in [3.63, 3.8) is 0 Å². The van der Waals surface area contributed by atoms with Crippen molar-refractivity contribution in [2.24, 2.45) is 4.99 Å². The van der Waals surface area contributed by atoms with Gasteiger partial charge in [-0.1, -0.05) is 30.3 Å². The molecular formula is C20H25FN4. The first kappa shape index (κ1) is 17.4. The highest BCUT2D eigenvalue weighted by atomic mass is 19.1. The van der Waals surface area contributed by atoms with E-state index in [-0.39, 0.29) is 11.9 Å². The van der Waals surface area contributed by atoms with Crippen LogP contribution in [0.15, 0.2) is 53.5 Å². The highest BCUT2D eigenvalue weighted by molar-refractivity contribution is 5.97. The average molecular weight is 340 g/mol. The molecule has 1 aliphatic heterocycles. The maximum atomic E-state index is 13.2. The van der Waals surface area contributed by atoms with Crippen LogP contribution in [-0.4, -0.2) is 45.1 Å². The Morgan fingerprint density at radius 3 is 2.60 bits per heavy atom. The molecule has 1 heterocycles. The number of para-hydroxylation sites is 1. The summed E-state index contributed by atoms with van der Waals surface area (Å²) in [7, 11) is 5.87. The van der Waals surface area contributed by atoms with Gasteiger partial charge in [0.05, 0.1) is 6.04 Å². The largest absolute Gasteiger partial charge is 0.354 e. The number of anilines is 1. The van der Waals surface area contributed by atoms with Crippen molar-refractivity contribution in [1.29, 1.82) is 0 Å². The lowest BCUT2D eigenvalue weighted by Crippen LogP contribution is -2.44. The molecule has 2 aromatic rings. The van der Waals surface area contributed by atoms with E-state index in [1.165, 1.54) is 23.4 Å². The van der Waals surface area contributed by atoms with Gasteiger partial charge in [0.2, 0.25) is 0 Å². The number of benzene rings is 2. The number of nitrogens with zero attached hydrogens (tertiary/aromatic N) is 3. The van der Waals surface area contributed by atoms with E-state index in [1.54, 1.807) is 0 Å². The predicted molar refractivity (Wildman–Crippen MR) is 102 cm³/mol. The van der Waals surface area contributed by atoms with E-state index in [9.17, 15) is 4.39 Å². The summed E-state index contributed by atoms with van der Waals surface area (Å²) >= 11 is 0. The molecule has 0 fully saturated rings. The van der Waals surface area contributed by atoms with Crippen molar-refractivity contribution >= 4 is 11.6 Å². The number of aliphatic imine (C=N–C) groups is 1. The minimum atomic E-state index is -0.210. The highest BCUT2D eigenvalue weighted by Gasteiger charge is 2.23. The Hall–Kier alpha value is -2.40. The van der Waals surface area contributed by atoms with E-state index in [1.807, 2.05) is 33.3 Å². The van der Waals surface area contributed by atoms with E-state index >= 15 is 0 Å². The molecule has 132 valence electrons. The van der Waals surface area contributed by atoms with Crippen LogP contribution in [0.5, 0.6) is 0 Å². The van der Waals surface area contributed by atoms with E-state index in [0.717, 1.165) is 24.5 Å². The van der Waals surface area contributed by atoms with Crippen LogP contribution in [-0.2, 0) is 6.42 Å². The summed E-state index contributed by atoms with van der Waals surface area (Å²) in [4.78, 5) is 8.82. The van der Waals surface area contributed by atoms with Crippen molar-refractivity contribution < 1.29 is 4.39 Å². The van der Waals surface area contributed by atoms with E-state index < -0.39 is 0 Å². The molecule has 2 aromatic carbocycles. The van der Waals surface area contributed by atoms with Crippen LogP contribution >= 0.6 is 0 Å². The molecule has 0 radical (unpaired) electrons. The van der Waals surface area contributed by atoms with Gasteiger partial charge in [-0.3, -0.25) is 4.99 Å². The third kappa shape index (κ3) is 3.82. The minimum absolute atomic E-state index is 0.134. The van der Waals surface area contributed by atoms with E-state index in [0.29, 0.717) is 6.54 Å². The molecule has 1 unspecified atom stereocenters. The molecule has 1 N–H and O–H groups in total. The first-order valence-corrected chi connectivity index (χ1v) is 8.58. The smallest absolute Gasteiger partial charge is 0.198 e. The van der Waals surface area contributed by atoms with Crippen molar-refractivity contribution in [3.05, 3.63) is 65.5 Å². The number of halogens is 1. The van der Waals surface area contributed by atoms with Gasteiger partial charge in [-0.05, 0) is 49.8 Å². The molecular weight excluding hydrogens is 315 g/mol. The second-order valence-corrected chi connectivity index (χ2v) is 6.49. The Bertz CT molecular complexity index is 740. The van der Waals surface area contributed by atoms with Crippen LogP contribution in [0, 0.1) is 5.82 Å². The fourth-order valence-corrected chi connectivity index (χ4v) is 3.32. The van der Waals surface area contributed by atoms with Crippen molar-refractivity contribution in [2.45, 2.75) is 12.5 Å². The van der Waals surface area contributed by atoms with E-state index in [4.69, 9.17) is 0 Å². The van der Waals surface area contributed by atoms with Crippen molar-refractivity contribution in [1.82, 2.24) is 10.2 Å². The lowest BCUT2D eigenvalue weighted by atomic mass is 10.1. The van der Waals surface area contributed by atoms with Gasteiger partial charge in [-0.25, -0.2) is 4.39 Å². The predicted octanol–water partition coefficient (Wildman–Crippen LogP) is 3.07. The number of hydrogen-bond acceptors (Lipinski definition) is 2. The van der Waals surface area contributed by atoms with Gasteiger partial charge in [-0.15, -0.1) is 0 Å². The third-order valence-electron chi connectivity index (χ3n) is 4.69. The summed E-state index contributed by atoms with van der Waals surface area (Å²) in [6.45, 7) is 1.63. The molecule has 3 rings (SSSR count). The lowest BCUT2D eigenvalue weighted by Gasteiger charge is -2.28. The normalized spacial score (nSPS) is 15.4. The number of hydrogen-bond donors (Lipinski definition) is 1. The van der Waals surface area contributed by atoms with Gasteiger partial charge in [0.15, 0.2) is 5.96 Å². The maximum absolute atomic E-state index is 13.2. The Morgan fingerprint density at radius 1 is 1.20 bits per heavy atom. The SMILES string of the molecule is CN=C(NCC(c1ccc(F)cc1)N(C)C)N1CCc2ccccc21. The van der Waals surface area contributed by atoms with Crippen LogP contribution in [0.25, 0.3) is 0 Å². The summed E-state index contributed by atoms with van der Waals surface area (Å²) in [6.07, 6.45) is 1.03. The number of nitrogens with one attached hydrogen (secondary N) is 1. The zero-order chi connectivity index (χ0) is 17.8. The van der Waals surface area contributed by atoms with Gasteiger partial charge in [-0.2, -0.15) is 0 Å². The summed E-state index contributed by atoms with van der Waals surface area (Å²) in [5, 5.41) is 3.49. The Kier molecular flexibility index (Phi) is 5.34. The first-order valence-electron chi connectivity index (χ1n) is 8.58. The van der Waals surface area contributed by atoms with Crippen LogP contribution in [0.1, 0.15) is 17.2 Å². The Labute approximate surface area is 149 Å². The molecule has 25 heavy (non-hydrogen) atoms. The fourth-order valence-electron chi connectivity index (χ4n) is 3.32. The fraction of sp³-hybridized carbons (Fsp3) is 0.350. The monoisotopic (exact) mass is 340 g/mol. The zero-order valence-electron chi connectivity index (χ0n) is 15.0. The van der Waals surface area contributed by atoms with Crippen molar-refractivity contribution in [2.75, 3.05) is 39.1 Å². The molecule has 5 heteroatoms. The van der Waals surface area contributed by atoms with E-state index in [2.05, 4.69) is 44.4 Å². The van der Waals surface area contributed by atoms with Crippen LogP contribution < -0.4 is 10.2 Å². The summed E-state index contributed by atoms with van der Waals surface area (Å²) in [5.41, 5.74) is 3.66. The maximum Gasteiger partial charge on any atom is 0.198 e. The average Bonchev–Trinajstić information content (AvgIpc) is 3.04. The number of rotatable bonds is 4. The number of fused-ring (bicyclic) bond motifs is 1. The lowest BCUT2D eigenvalue weighted by molar-refractivity contribution is 0.298. The first-order chi connectivity index (χ1) is 12.1. The molecule has 0 saturated heterocycles. The van der Waals surface area contributed by atoms with Gasteiger partial charge in [0.1, 0.15) is 5.82 Å². The molecule has 0 saturated carbocycles. The molecule has 1 aliphatic rings. The molecule has 4 nitrogen and oxygen atoms in total. The number of guanidine groups is 1. The van der Waals surface area contributed by atoms with Gasteiger partial charge in [0, 0.05) is 25.8 Å². The van der Waals surface area contributed by atoms with Crippen molar-refractivity contribution in [3.8, 4) is 0 Å². The summed E-state index contributed by atoms with van der Waals surface area (Å²) in [6, 6.07) is 15.3. The second kappa shape index (κ2) is 7.66. The zero-order valence-corrected chi connectivity index (χ0v) is 15.0. The summed E-state index contributed by atoms with van der Waals surface area (Å²) in [5.74, 6) is 0.664. The molecule has 0 aliphatic carbocycles. The van der Waals surface area contributed by atoms with Gasteiger partial charge in [0.25, 0.3) is 0 Å². The van der Waals surface area contributed by atoms with Crippen LogP contribution in [0.2, 0.25) is 0 Å². The van der Waals surface area contributed by atoms with Gasteiger partial charge < -0.3 is 15.1 Å². The molecule has 0 amide bonds.